The van der Waals surface area contributed by atoms with Gasteiger partial charge in [-0.25, -0.2) is 0 Å². The van der Waals surface area contributed by atoms with Crippen molar-refractivity contribution in [3.8, 4) is 0 Å². The lowest BCUT2D eigenvalue weighted by molar-refractivity contribution is 0.0604. The lowest BCUT2D eigenvalue weighted by Crippen LogP contribution is -2.40. The van der Waals surface area contributed by atoms with Crippen molar-refractivity contribution in [3.05, 3.63) is 0 Å². The van der Waals surface area contributed by atoms with Gasteiger partial charge in [-0.3, -0.25) is 0 Å². The van der Waals surface area contributed by atoms with E-state index in [4.69, 9.17) is 0 Å². The van der Waals surface area contributed by atoms with Gasteiger partial charge in [-0.2, -0.15) is 0 Å². The molecule has 72 valence electrons. The Morgan fingerprint density at radius 3 is 2.17 bits per heavy atom. The van der Waals surface area contributed by atoms with Gasteiger partial charge in [-0.1, -0.05) is 13.8 Å². The van der Waals surface area contributed by atoms with Gasteiger partial charge in [0.15, 0.2) is 0 Å². The Balaban J connectivity index is 2.19. The first kappa shape index (κ1) is 10.0. The molecule has 0 aromatic carbocycles. The average Bonchev–Trinajstić information content (AvgIpc) is 1.83. The molecule has 1 nitrogen and oxygen atoms in total. The molecule has 0 radical (unpaired) electrons. The Morgan fingerprint density at radius 1 is 1.33 bits per heavy atom. The Hall–Kier alpha value is -0.0400. The van der Waals surface area contributed by atoms with Gasteiger partial charge in [0.2, 0.25) is 0 Å². The summed E-state index contributed by atoms with van der Waals surface area (Å²) in [5.41, 5.74) is 0.641. The van der Waals surface area contributed by atoms with Gasteiger partial charge >= 0.3 is 0 Å². The van der Waals surface area contributed by atoms with E-state index in [0.29, 0.717) is 11.5 Å². The predicted molar refractivity (Wildman–Crippen MR) is 54.3 cm³/mol. The fourth-order valence-electron chi connectivity index (χ4n) is 2.25. The van der Waals surface area contributed by atoms with Crippen molar-refractivity contribution >= 4 is 0 Å². The minimum absolute atomic E-state index is 0.641. The zero-order chi connectivity index (χ0) is 9.35. The first-order valence-electron chi connectivity index (χ1n) is 5.11. The topological polar surface area (TPSA) is 3.24 Å². The third-order valence-corrected chi connectivity index (χ3v) is 3.11. The van der Waals surface area contributed by atoms with Gasteiger partial charge < -0.3 is 4.90 Å². The maximum Gasteiger partial charge on any atom is 0.00356 e. The van der Waals surface area contributed by atoms with E-state index in [-0.39, 0.29) is 0 Å². The molecule has 0 bridgehead atoms. The first-order chi connectivity index (χ1) is 5.41. The average molecular weight is 169 g/mol. The molecule has 1 heteroatoms. The standard InChI is InChI=1S/C11H23N/c1-9(2)12(5)8-10-6-11(3,4)7-10/h9-10H,6-8H2,1-5H3. The molecule has 1 saturated carbocycles. The second-order valence-electron chi connectivity index (χ2n) is 5.47. The molecule has 0 atom stereocenters. The Bertz CT molecular complexity index is 141. The smallest absolute Gasteiger partial charge is 0.00356 e. The van der Waals surface area contributed by atoms with Crippen molar-refractivity contribution < 1.29 is 0 Å². The van der Waals surface area contributed by atoms with Crippen molar-refractivity contribution in [1.82, 2.24) is 4.90 Å². The van der Waals surface area contributed by atoms with Crippen LogP contribution < -0.4 is 0 Å². The monoisotopic (exact) mass is 169 g/mol. The molecule has 0 heterocycles. The number of nitrogens with zero attached hydrogens (tertiary/aromatic N) is 1. The molecular formula is C11H23N. The SMILES string of the molecule is CC(C)N(C)CC1CC(C)(C)C1. The fraction of sp³-hybridized carbons (Fsp3) is 1.00. The highest BCUT2D eigenvalue weighted by atomic mass is 15.1. The second-order valence-corrected chi connectivity index (χ2v) is 5.47. The maximum atomic E-state index is 2.46. The van der Waals surface area contributed by atoms with Crippen molar-refractivity contribution in [3.63, 3.8) is 0 Å². The minimum atomic E-state index is 0.641. The van der Waals surface area contributed by atoms with Crippen LogP contribution in [0.1, 0.15) is 40.5 Å². The van der Waals surface area contributed by atoms with Crippen LogP contribution in [0.2, 0.25) is 0 Å². The molecule has 0 spiro atoms. The summed E-state index contributed by atoms with van der Waals surface area (Å²) in [4.78, 5) is 2.46. The van der Waals surface area contributed by atoms with Crippen LogP contribution in [0.3, 0.4) is 0 Å². The molecule has 0 saturated heterocycles. The van der Waals surface area contributed by atoms with Crippen molar-refractivity contribution in [2.24, 2.45) is 11.3 Å². The molecule has 0 unspecified atom stereocenters. The summed E-state index contributed by atoms with van der Waals surface area (Å²) >= 11 is 0. The van der Waals surface area contributed by atoms with E-state index in [1.165, 1.54) is 19.4 Å². The number of hydrogen-bond donors (Lipinski definition) is 0. The molecule has 12 heavy (non-hydrogen) atoms. The fourth-order valence-corrected chi connectivity index (χ4v) is 2.25. The van der Waals surface area contributed by atoms with Gasteiger partial charge in [0, 0.05) is 12.6 Å². The highest BCUT2D eigenvalue weighted by molar-refractivity contribution is 4.88. The largest absolute Gasteiger partial charge is 0.304 e. The molecule has 1 aliphatic rings. The summed E-state index contributed by atoms with van der Waals surface area (Å²) in [5.74, 6) is 0.965. The minimum Gasteiger partial charge on any atom is -0.304 e. The summed E-state index contributed by atoms with van der Waals surface area (Å²) < 4.78 is 0. The highest BCUT2D eigenvalue weighted by Gasteiger charge is 2.36. The van der Waals surface area contributed by atoms with E-state index in [1.807, 2.05) is 0 Å². The number of rotatable bonds is 3. The lowest BCUT2D eigenvalue weighted by atomic mass is 9.64. The second kappa shape index (κ2) is 3.37. The third kappa shape index (κ3) is 2.48. The van der Waals surface area contributed by atoms with E-state index in [9.17, 15) is 0 Å². The molecule has 1 rings (SSSR count). The molecule has 0 aliphatic heterocycles. The van der Waals surface area contributed by atoms with Gasteiger partial charge in [-0.05, 0) is 45.1 Å². The first-order valence-corrected chi connectivity index (χ1v) is 5.11. The quantitative estimate of drug-likeness (QED) is 0.628. The molecule has 1 fully saturated rings. The van der Waals surface area contributed by atoms with Gasteiger partial charge in [-0.15, -0.1) is 0 Å². The molecule has 1 aliphatic carbocycles. The van der Waals surface area contributed by atoms with E-state index in [2.05, 4.69) is 39.6 Å². The summed E-state index contributed by atoms with van der Waals surface area (Å²) in [6.45, 7) is 10.6. The maximum absolute atomic E-state index is 2.46. The molecular weight excluding hydrogens is 146 g/mol. The Morgan fingerprint density at radius 2 is 1.83 bits per heavy atom. The van der Waals surface area contributed by atoms with Crippen LogP contribution in [0.5, 0.6) is 0 Å². The molecule has 0 N–H and O–H groups in total. The van der Waals surface area contributed by atoms with Gasteiger partial charge in [0.25, 0.3) is 0 Å². The van der Waals surface area contributed by atoms with Crippen LogP contribution in [-0.2, 0) is 0 Å². The summed E-state index contributed by atoms with van der Waals surface area (Å²) in [7, 11) is 2.23. The normalized spacial score (nSPS) is 23.2. The summed E-state index contributed by atoms with van der Waals surface area (Å²) in [5, 5.41) is 0. The van der Waals surface area contributed by atoms with Crippen LogP contribution in [0.15, 0.2) is 0 Å². The van der Waals surface area contributed by atoms with E-state index in [0.717, 1.165) is 5.92 Å². The third-order valence-electron chi connectivity index (χ3n) is 3.11. The lowest BCUT2D eigenvalue weighted by Gasteiger charge is -2.44. The highest BCUT2D eigenvalue weighted by Crippen LogP contribution is 2.44. The van der Waals surface area contributed by atoms with Crippen molar-refractivity contribution in [2.75, 3.05) is 13.6 Å². The zero-order valence-electron chi connectivity index (χ0n) is 9.22. The van der Waals surface area contributed by atoms with Crippen LogP contribution in [0, 0.1) is 11.3 Å². The number of hydrogen-bond acceptors (Lipinski definition) is 1. The Kier molecular flexibility index (Phi) is 2.82. The van der Waals surface area contributed by atoms with Gasteiger partial charge in [0.05, 0.1) is 0 Å². The molecule has 0 amide bonds. The predicted octanol–water partition coefficient (Wildman–Crippen LogP) is 2.76. The van der Waals surface area contributed by atoms with Gasteiger partial charge in [0.1, 0.15) is 0 Å². The van der Waals surface area contributed by atoms with Crippen molar-refractivity contribution in [2.45, 2.75) is 46.6 Å². The summed E-state index contributed by atoms with van der Waals surface area (Å²) in [6, 6.07) is 0.703. The van der Waals surface area contributed by atoms with Crippen LogP contribution in [0.25, 0.3) is 0 Å². The molecule has 0 aromatic rings. The van der Waals surface area contributed by atoms with E-state index >= 15 is 0 Å². The zero-order valence-corrected chi connectivity index (χ0v) is 9.22. The molecule has 0 aromatic heterocycles. The Labute approximate surface area is 77.1 Å². The van der Waals surface area contributed by atoms with E-state index < -0.39 is 0 Å². The summed E-state index contributed by atoms with van der Waals surface area (Å²) in [6.07, 6.45) is 2.84. The van der Waals surface area contributed by atoms with Crippen LogP contribution in [0.4, 0.5) is 0 Å². The van der Waals surface area contributed by atoms with Crippen LogP contribution in [-0.4, -0.2) is 24.5 Å². The van der Waals surface area contributed by atoms with E-state index in [1.54, 1.807) is 0 Å². The van der Waals surface area contributed by atoms with Crippen molar-refractivity contribution in [1.29, 1.82) is 0 Å². The van der Waals surface area contributed by atoms with Crippen LogP contribution >= 0.6 is 0 Å².